The third kappa shape index (κ3) is 5.43. The quantitative estimate of drug-likeness (QED) is 0.616. The lowest BCUT2D eigenvalue weighted by atomic mass is 10.3. The summed E-state index contributed by atoms with van der Waals surface area (Å²) in [6.07, 6.45) is 2.95. The number of ether oxygens (including phenoxy) is 1. The lowest BCUT2D eigenvalue weighted by Crippen LogP contribution is -2.22. The normalized spacial score (nSPS) is 9.89. The zero-order chi connectivity index (χ0) is 13.4. The molecule has 18 heavy (non-hydrogen) atoms. The van der Waals surface area contributed by atoms with Crippen molar-refractivity contribution in [2.45, 2.75) is 12.8 Å². The van der Waals surface area contributed by atoms with E-state index in [1.54, 1.807) is 18.2 Å². The number of hydrogen-bond donors (Lipinski definition) is 1. The number of hydrogen-bond acceptors (Lipinski definition) is 2. The van der Waals surface area contributed by atoms with Gasteiger partial charge in [0, 0.05) is 12.6 Å². The number of unbranched alkanes of at least 4 members (excludes halogenated alkanes) is 1. The minimum atomic E-state index is -0.152. The molecular formula is C13H15Cl2NO2. The van der Waals surface area contributed by atoms with E-state index in [-0.39, 0.29) is 5.91 Å². The van der Waals surface area contributed by atoms with Gasteiger partial charge in [0.25, 0.3) is 0 Å². The number of carbonyl (C=O) groups excluding carboxylic acids is 1. The average Bonchev–Trinajstić information content (AvgIpc) is 2.37. The summed E-state index contributed by atoms with van der Waals surface area (Å²) in [5.41, 5.74) is 0. The van der Waals surface area contributed by atoms with Gasteiger partial charge >= 0.3 is 0 Å². The molecule has 0 aliphatic rings. The van der Waals surface area contributed by atoms with Crippen molar-refractivity contribution in [2.24, 2.45) is 0 Å². The Bertz CT molecular complexity index is 421. The molecule has 1 rings (SSSR count). The van der Waals surface area contributed by atoms with E-state index in [0.29, 0.717) is 28.9 Å². The van der Waals surface area contributed by atoms with Gasteiger partial charge in [-0.1, -0.05) is 29.8 Å². The maximum absolute atomic E-state index is 10.8. The summed E-state index contributed by atoms with van der Waals surface area (Å²) in [4.78, 5) is 10.8. The van der Waals surface area contributed by atoms with Crippen molar-refractivity contribution >= 4 is 29.1 Å². The maximum Gasteiger partial charge on any atom is 0.243 e. The first-order valence-electron chi connectivity index (χ1n) is 5.61. The molecule has 5 heteroatoms. The van der Waals surface area contributed by atoms with Crippen LogP contribution in [0.5, 0.6) is 5.75 Å². The SMILES string of the molecule is C=CC(=O)NCCCCOc1ccc(Cl)c(Cl)c1. The van der Waals surface area contributed by atoms with Crippen LogP contribution in [0.25, 0.3) is 0 Å². The summed E-state index contributed by atoms with van der Waals surface area (Å²) in [5, 5.41) is 3.69. The minimum Gasteiger partial charge on any atom is -0.494 e. The first-order valence-corrected chi connectivity index (χ1v) is 6.37. The van der Waals surface area contributed by atoms with Gasteiger partial charge in [-0.15, -0.1) is 0 Å². The molecule has 1 aromatic rings. The monoisotopic (exact) mass is 287 g/mol. The van der Waals surface area contributed by atoms with Crippen LogP contribution < -0.4 is 10.1 Å². The van der Waals surface area contributed by atoms with Crippen LogP contribution in [0, 0.1) is 0 Å². The van der Waals surface area contributed by atoms with Crippen LogP contribution in [0.1, 0.15) is 12.8 Å². The van der Waals surface area contributed by atoms with Gasteiger partial charge in [-0.05, 0) is 31.1 Å². The molecule has 1 N–H and O–H groups in total. The second-order valence-electron chi connectivity index (χ2n) is 3.63. The standard InChI is InChI=1S/C13H15Cl2NO2/c1-2-13(17)16-7-3-4-8-18-10-5-6-11(14)12(15)9-10/h2,5-6,9H,1,3-4,7-8H2,(H,16,17). The van der Waals surface area contributed by atoms with E-state index >= 15 is 0 Å². The minimum absolute atomic E-state index is 0.152. The summed E-state index contributed by atoms with van der Waals surface area (Å²) in [5.74, 6) is 0.542. The van der Waals surface area contributed by atoms with Crippen LogP contribution in [-0.2, 0) is 4.79 Å². The van der Waals surface area contributed by atoms with Crippen LogP contribution >= 0.6 is 23.2 Å². The highest BCUT2D eigenvalue weighted by Crippen LogP contribution is 2.26. The van der Waals surface area contributed by atoms with Crippen molar-refractivity contribution in [3.05, 3.63) is 40.9 Å². The Morgan fingerprint density at radius 1 is 1.33 bits per heavy atom. The molecule has 0 saturated carbocycles. The molecule has 0 saturated heterocycles. The number of nitrogens with one attached hydrogen (secondary N) is 1. The summed E-state index contributed by atoms with van der Waals surface area (Å²) >= 11 is 11.6. The highest BCUT2D eigenvalue weighted by Gasteiger charge is 2.00. The molecule has 3 nitrogen and oxygen atoms in total. The van der Waals surface area contributed by atoms with Gasteiger partial charge in [-0.3, -0.25) is 4.79 Å². The Morgan fingerprint density at radius 2 is 2.11 bits per heavy atom. The van der Waals surface area contributed by atoms with E-state index < -0.39 is 0 Å². The molecule has 0 radical (unpaired) electrons. The van der Waals surface area contributed by atoms with Crippen molar-refractivity contribution < 1.29 is 9.53 Å². The van der Waals surface area contributed by atoms with E-state index in [0.717, 1.165) is 12.8 Å². The highest BCUT2D eigenvalue weighted by atomic mass is 35.5. The summed E-state index contributed by atoms with van der Waals surface area (Å²) in [6, 6.07) is 5.15. The maximum atomic E-state index is 10.8. The Morgan fingerprint density at radius 3 is 2.78 bits per heavy atom. The first kappa shape index (κ1) is 14.9. The molecule has 0 aliphatic carbocycles. The highest BCUT2D eigenvalue weighted by molar-refractivity contribution is 6.42. The van der Waals surface area contributed by atoms with Crippen LogP contribution in [0.4, 0.5) is 0 Å². The fourth-order valence-corrected chi connectivity index (χ4v) is 1.56. The molecule has 0 heterocycles. The molecule has 0 unspecified atom stereocenters. The fraction of sp³-hybridized carbons (Fsp3) is 0.308. The van der Waals surface area contributed by atoms with Crippen LogP contribution in [0.3, 0.4) is 0 Å². The molecule has 0 aliphatic heterocycles. The van der Waals surface area contributed by atoms with Gasteiger partial charge in [0.2, 0.25) is 5.91 Å². The van der Waals surface area contributed by atoms with Crippen molar-refractivity contribution in [3.63, 3.8) is 0 Å². The van der Waals surface area contributed by atoms with Gasteiger partial charge in [-0.2, -0.15) is 0 Å². The van der Waals surface area contributed by atoms with Gasteiger partial charge in [0.05, 0.1) is 16.7 Å². The molecule has 0 spiro atoms. The van der Waals surface area contributed by atoms with Crippen LogP contribution in [0.15, 0.2) is 30.9 Å². The van der Waals surface area contributed by atoms with Crippen LogP contribution in [0.2, 0.25) is 10.0 Å². The molecule has 0 aromatic heterocycles. The van der Waals surface area contributed by atoms with E-state index in [1.165, 1.54) is 6.08 Å². The topological polar surface area (TPSA) is 38.3 Å². The Hall–Kier alpha value is -1.19. The Labute approximate surface area is 117 Å². The second-order valence-corrected chi connectivity index (χ2v) is 4.44. The van der Waals surface area contributed by atoms with E-state index in [1.807, 2.05) is 0 Å². The smallest absolute Gasteiger partial charge is 0.243 e. The lowest BCUT2D eigenvalue weighted by molar-refractivity contribution is -0.116. The largest absolute Gasteiger partial charge is 0.494 e. The summed E-state index contributed by atoms with van der Waals surface area (Å²) in [7, 11) is 0. The zero-order valence-corrected chi connectivity index (χ0v) is 11.4. The van der Waals surface area contributed by atoms with Crippen LogP contribution in [-0.4, -0.2) is 19.1 Å². The summed E-state index contributed by atoms with van der Waals surface area (Å²) < 4.78 is 5.50. The number of amides is 1. The predicted octanol–water partition coefficient (Wildman–Crippen LogP) is 3.45. The number of halogens is 2. The third-order valence-electron chi connectivity index (χ3n) is 2.22. The number of rotatable bonds is 7. The van der Waals surface area contributed by atoms with Crippen molar-refractivity contribution in [1.29, 1.82) is 0 Å². The van der Waals surface area contributed by atoms with Gasteiger partial charge in [-0.25, -0.2) is 0 Å². The molecule has 1 aromatic carbocycles. The van der Waals surface area contributed by atoms with Gasteiger partial charge in [0.15, 0.2) is 0 Å². The molecular weight excluding hydrogens is 273 g/mol. The van der Waals surface area contributed by atoms with E-state index in [2.05, 4.69) is 11.9 Å². The van der Waals surface area contributed by atoms with Gasteiger partial charge < -0.3 is 10.1 Å². The molecule has 1 amide bonds. The van der Waals surface area contributed by atoms with E-state index in [4.69, 9.17) is 27.9 Å². The zero-order valence-electron chi connectivity index (χ0n) is 9.92. The van der Waals surface area contributed by atoms with Crippen molar-refractivity contribution in [2.75, 3.05) is 13.2 Å². The lowest BCUT2D eigenvalue weighted by Gasteiger charge is -2.07. The molecule has 98 valence electrons. The summed E-state index contributed by atoms with van der Waals surface area (Å²) in [6.45, 7) is 4.56. The molecule has 0 fully saturated rings. The fourth-order valence-electron chi connectivity index (χ4n) is 1.27. The predicted molar refractivity (Wildman–Crippen MR) is 74.4 cm³/mol. The number of carbonyl (C=O) groups is 1. The Kier molecular flexibility index (Phi) is 6.61. The first-order chi connectivity index (χ1) is 8.63. The van der Waals surface area contributed by atoms with Gasteiger partial charge in [0.1, 0.15) is 5.75 Å². The Balaban J connectivity index is 2.16. The molecule has 0 atom stereocenters. The van der Waals surface area contributed by atoms with Crippen molar-refractivity contribution in [3.8, 4) is 5.75 Å². The third-order valence-corrected chi connectivity index (χ3v) is 2.95. The average molecular weight is 288 g/mol. The number of benzene rings is 1. The molecule has 0 bridgehead atoms. The van der Waals surface area contributed by atoms with Crippen molar-refractivity contribution in [1.82, 2.24) is 5.32 Å². The van der Waals surface area contributed by atoms with E-state index in [9.17, 15) is 4.79 Å². The second kappa shape index (κ2) is 8.01.